The van der Waals surface area contributed by atoms with E-state index in [2.05, 4.69) is 11.8 Å². The van der Waals surface area contributed by atoms with Crippen molar-refractivity contribution in [1.29, 1.82) is 0 Å². The molecule has 0 saturated carbocycles. The third-order valence-corrected chi connectivity index (χ3v) is 3.28. The molecule has 3 N–H and O–H groups in total. The van der Waals surface area contributed by atoms with Crippen LogP contribution < -0.4 is 10.0 Å². The third kappa shape index (κ3) is 2.54. The fourth-order valence-corrected chi connectivity index (χ4v) is 2.18. The summed E-state index contributed by atoms with van der Waals surface area (Å²) in [5.41, 5.74) is 0.795. The van der Waals surface area contributed by atoms with Crippen LogP contribution in [0.5, 0.6) is 0 Å². The fourth-order valence-electron chi connectivity index (χ4n) is 1.08. The maximum Gasteiger partial charge on any atom is 0.240 e. The van der Waals surface area contributed by atoms with Crippen LogP contribution in [0.25, 0.3) is 0 Å². The molecule has 0 aliphatic heterocycles. The van der Waals surface area contributed by atoms with Gasteiger partial charge >= 0.3 is 0 Å². The van der Waals surface area contributed by atoms with Crippen molar-refractivity contribution in [3.8, 4) is 0 Å². The SMILES string of the molecule is [CH2-][NH2+]c1cccc(S(=O)(=O)NCC)c1. The van der Waals surface area contributed by atoms with Gasteiger partial charge in [-0.3, -0.25) is 0 Å². The summed E-state index contributed by atoms with van der Waals surface area (Å²) >= 11 is 0. The monoisotopic (exact) mass is 214 g/mol. The molecular weight excluding hydrogens is 200 g/mol. The first kappa shape index (κ1) is 11.2. The first-order chi connectivity index (χ1) is 6.60. The van der Waals surface area contributed by atoms with Crippen LogP contribution in [-0.2, 0) is 10.0 Å². The molecule has 0 spiro atoms. The molecule has 5 heteroatoms. The normalized spacial score (nSPS) is 11.6. The molecule has 0 aliphatic carbocycles. The summed E-state index contributed by atoms with van der Waals surface area (Å²) in [6.45, 7) is 2.13. The standard InChI is InChI=1S/C9H14N2O2S/c1-3-11-14(12,13)9-6-4-5-8(7-9)10-2/h4-7,11H,2-3,10H2,1H3. The molecule has 0 aromatic heterocycles. The molecule has 4 nitrogen and oxygen atoms in total. The number of sulfonamides is 1. The Balaban J connectivity index is 3.07. The zero-order valence-electron chi connectivity index (χ0n) is 8.03. The summed E-state index contributed by atoms with van der Waals surface area (Å²) in [6.07, 6.45) is 0. The van der Waals surface area contributed by atoms with E-state index in [1.165, 1.54) is 0 Å². The lowest BCUT2D eigenvalue weighted by molar-refractivity contribution is -0.504. The second kappa shape index (κ2) is 4.54. The molecule has 0 aliphatic rings. The van der Waals surface area contributed by atoms with Crippen molar-refractivity contribution in [2.45, 2.75) is 11.8 Å². The molecule has 0 atom stereocenters. The van der Waals surface area contributed by atoms with Crippen molar-refractivity contribution in [3.63, 3.8) is 0 Å². The highest BCUT2D eigenvalue weighted by atomic mass is 32.2. The summed E-state index contributed by atoms with van der Waals surface area (Å²) in [4.78, 5) is 0.275. The topological polar surface area (TPSA) is 62.8 Å². The Morgan fingerprint density at radius 3 is 2.79 bits per heavy atom. The predicted octanol–water partition coefficient (Wildman–Crippen LogP) is -0.0287. The van der Waals surface area contributed by atoms with E-state index in [0.29, 0.717) is 6.54 Å². The van der Waals surface area contributed by atoms with Crippen LogP contribution in [0.3, 0.4) is 0 Å². The first-order valence-corrected chi connectivity index (χ1v) is 5.80. The van der Waals surface area contributed by atoms with Crippen molar-refractivity contribution >= 4 is 15.7 Å². The Hall–Kier alpha value is -0.910. The van der Waals surface area contributed by atoms with Gasteiger partial charge in [0.1, 0.15) is 5.69 Å². The van der Waals surface area contributed by atoms with E-state index >= 15 is 0 Å². The molecular formula is C9H14N2O2S. The van der Waals surface area contributed by atoms with Gasteiger partial charge < -0.3 is 5.32 Å². The van der Waals surface area contributed by atoms with Gasteiger partial charge in [0.15, 0.2) is 0 Å². The maximum absolute atomic E-state index is 11.6. The van der Waals surface area contributed by atoms with Gasteiger partial charge in [0.25, 0.3) is 0 Å². The number of quaternary nitrogens is 1. The number of hydrogen-bond acceptors (Lipinski definition) is 2. The Kier molecular flexibility index (Phi) is 3.62. The van der Waals surface area contributed by atoms with Gasteiger partial charge in [-0.15, -0.1) is 7.05 Å². The van der Waals surface area contributed by atoms with Gasteiger partial charge in [0, 0.05) is 12.6 Å². The predicted molar refractivity (Wildman–Crippen MR) is 54.2 cm³/mol. The Labute approximate surface area is 84.4 Å². The number of nitrogens with two attached hydrogens (primary N) is 1. The molecule has 1 aromatic rings. The van der Waals surface area contributed by atoms with E-state index in [9.17, 15) is 8.42 Å². The highest BCUT2D eigenvalue weighted by molar-refractivity contribution is 7.89. The average molecular weight is 214 g/mol. The number of hydrogen-bond donors (Lipinski definition) is 2. The molecule has 0 fully saturated rings. The second-order valence-corrected chi connectivity index (χ2v) is 4.54. The molecule has 0 unspecified atom stereocenters. The fraction of sp³-hybridized carbons (Fsp3) is 0.222. The first-order valence-electron chi connectivity index (χ1n) is 4.32. The van der Waals surface area contributed by atoms with Gasteiger partial charge in [0.05, 0.1) is 4.90 Å². The zero-order valence-corrected chi connectivity index (χ0v) is 8.84. The van der Waals surface area contributed by atoms with Crippen LogP contribution in [0.2, 0.25) is 0 Å². The minimum absolute atomic E-state index is 0.275. The summed E-state index contributed by atoms with van der Waals surface area (Å²) in [7, 11) is 0.244. The minimum Gasteiger partial charge on any atom is -0.446 e. The Bertz CT molecular complexity index is 401. The highest BCUT2D eigenvalue weighted by Crippen LogP contribution is 2.11. The lowest BCUT2D eigenvalue weighted by atomic mass is 10.3. The molecule has 1 rings (SSSR count). The van der Waals surface area contributed by atoms with Gasteiger partial charge in [-0.05, 0) is 12.1 Å². The number of benzene rings is 1. The van der Waals surface area contributed by atoms with Crippen LogP contribution in [0, 0.1) is 7.05 Å². The Morgan fingerprint density at radius 2 is 2.21 bits per heavy atom. The van der Waals surface area contributed by atoms with Gasteiger partial charge in [-0.25, -0.2) is 13.1 Å². The maximum atomic E-state index is 11.6. The smallest absolute Gasteiger partial charge is 0.240 e. The van der Waals surface area contributed by atoms with Crippen molar-refractivity contribution in [1.82, 2.24) is 4.72 Å². The van der Waals surface area contributed by atoms with Crippen molar-refractivity contribution in [2.24, 2.45) is 0 Å². The lowest BCUT2D eigenvalue weighted by Gasteiger charge is -2.05. The van der Waals surface area contributed by atoms with Crippen LogP contribution in [-0.4, -0.2) is 15.0 Å². The summed E-state index contributed by atoms with van der Waals surface area (Å²) < 4.78 is 25.5. The lowest BCUT2D eigenvalue weighted by Crippen LogP contribution is -2.69. The van der Waals surface area contributed by atoms with E-state index in [0.717, 1.165) is 5.69 Å². The van der Waals surface area contributed by atoms with E-state index in [1.54, 1.807) is 36.5 Å². The van der Waals surface area contributed by atoms with E-state index < -0.39 is 10.0 Å². The van der Waals surface area contributed by atoms with Crippen molar-refractivity contribution in [3.05, 3.63) is 31.3 Å². The third-order valence-electron chi connectivity index (χ3n) is 1.74. The van der Waals surface area contributed by atoms with Gasteiger partial charge in [-0.2, -0.15) is 0 Å². The van der Waals surface area contributed by atoms with Gasteiger partial charge in [-0.1, -0.05) is 13.0 Å². The quantitative estimate of drug-likeness (QED) is 0.546. The molecule has 14 heavy (non-hydrogen) atoms. The molecule has 1 aromatic carbocycles. The molecule has 0 radical (unpaired) electrons. The van der Waals surface area contributed by atoms with Crippen LogP contribution >= 0.6 is 0 Å². The zero-order chi connectivity index (χ0) is 10.6. The van der Waals surface area contributed by atoms with Crippen LogP contribution in [0.1, 0.15) is 6.92 Å². The summed E-state index contributed by atoms with van der Waals surface area (Å²) in [6, 6.07) is 6.65. The Morgan fingerprint density at radius 1 is 1.50 bits per heavy atom. The summed E-state index contributed by atoms with van der Waals surface area (Å²) in [5, 5.41) is 1.62. The molecule has 0 saturated heterocycles. The van der Waals surface area contributed by atoms with Crippen LogP contribution in [0.15, 0.2) is 29.2 Å². The average Bonchev–Trinajstić information content (AvgIpc) is 2.18. The van der Waals surface area contributed by atoms with Crippen molar-refractivity contribution in [2.75, 3.05) is 6.54 Å². The number of rotatable bonds is 4. The number of nitrogens with one attached hydrogen (secondary N) is 1. The highest BCUT2D eigenvalue weighted by Gasteiger charge is 2.12. The van der Waals surface area contributed by atoms with E-state index in [1.807, 2.05) is 0 Å². The van der Waals surface area contributed by atoms with E-state index in [4.69, 9.17) is 0 Å². The largest absolute Gasteiger partial charge is 0.446 e. The van der Waals surface area contributed by atoms with Crippen molar-refractivity contribution < 1.29 is 13.7 Å². The van der Waals surface area contributed by atoms with Gasteiger partial charge in [0.2, 0.25) is 10.0 Å². The second-order valence-electron chi connectivity index (χ2n) is 2.78. The molecule has 0 bridgehead atoms. The molecule has 0 heterocycles. The minimum atomic E-state index is -3.34. The molecule has 78 valence electrons. The van der Waals surface area contributed by atoms with Crippen LogP contribution in [0.4, 0.5) is 5.69 Å². The summed E-state index contributed by atoms with van der Waals surface area (Å²) in [5.74, 6) is 0. The molecule has 0 amide bonds. The van der Waals surface area contributed by atoms with E-state index in [-0.39, 0.29) is 4.90 Å².